The van der Waals surface area contributed by atoms with Crippen molar-refractivity contribution in [1.82, 2.24) is 4.90 Å². The van der Waals surface area contributed by atoms with E-state index in [0.29, 0.717) is 18.9 Å². The van der Waals surface area contributed by atoms with Crippen molar-refractivity contribution in [3.8, 4) is 0 Å². The van der Waals surface area contributed by atoms with Gasteiger partial charge in [0, 0.05) is 12.6 Å². The molecule has 1 N–H and O–H groups in total. The van der Waals surface area contributed by atoms with Crippen molar-refractivity contribution in [1.29, 1.82) is 0 Å². The summed E-state index contributed by atoms with van der Waals surface area (Å²) in [6.07, 6.45) is 4.80. The molecule has 1 fully saturated rings. The summed E-state index contributed by atoms with van der Waals surface area (Å²) in [6.45, 7) is 2.49. The molecule has 0 aromatic heterocycles. The maximum atomic E-state index is 12.7. The first-order chi connectivity index (χ1) is 10.6. The van der Waals surface area contributed by atoms with E-state index in [1.807, 2.05) is 35.2 Å². The van der Waals surface area contributed by atoms with Gasteiger partial charge in [0.2, 0.25) is 5.91 Å². The molecule has 1 aromatic rings. The van der Waals surface area contributed by atoms with Crippen molar-refractivity contribution in [3.63, 3.8) is 0 Å². The fourth-order valence-corrected chi connectivity index (χ4v) is 3.32. The quantitative estimate of drug-likeness (QED) is 0.878. The van der Waals surface area contributed by atoms with Crippen LogP contribution in [0.15, 0.2) is 30.3 Å². The Morgan fingerprint density at radius 2 is 1.86 bits per heavy atom. The Kier molecular flexibility index (Phi) is 5.99. The van der Waals surface area contributed by atoms with Gasteiger partial charge in [-0.2, -0.15) is 0 Å². The molecule has 1 aromatic carbocycles. The number of benzene rings is 1. The zero-order valence-corrected chi connectivity index (χ0v) is 13.2. The molecule has 2 rings (SSSR count). The molecule has 1 aliphatic rings. The van der Waals surface area contributed by atoms with Gasteiger partial charge >= 0.3 is 5.97 Å². The van der Waals surface area contributed by atoms with Gasteiger partial charge in [0.15, 0.2) is 0 Å². The third kappa shape index (κ3) is 4.58. The Labute approximate surface area is 132 Å². The van der Waals surface area contributed by atoms with E-state index in [0.717, 1.165) is 24.8 Å². The highest BCUT2D eigenvalue weighted by molar-refractivity contribution is 5.79. The van der Waals surface area contributed by atoms with Crippen LogP contribution in [-0.2, 0) is 16.0 Å². The second-order valence-corrected chi connectivity index (χ2v) is 6.22. The summed E-state index contributed by atoms with van der Waals surface area (Å²) in [5.74, 6) is -0.352. The SMILES string of the molecule is CC1CCCCC1N(CCC(=O)O)C(=O)Cc1ccccc1. The van der Waals surface area contributed by atoms with E-state index in [-0.39, 0.29) is 18.4 Å². The lowest BCUT2D eigenvalue weighted by Crippen LogP contribution is -2.46. The normalized spacial score (nSPS) is 21.3. The molecule has 0 bridgehead atoms. The molecule has 4 nitrogen and oxygen atoms in total. The predicted molar refractivity (Wildman–Crippen MR) is 85.5 cm³/mol. The van der Waals surface area contributed by atoms with Crippen LogP contribution in [0.4, 0.5) is 0 Å². The number of carbonyl (C=O) groups excluding carboxylic acids is 1. The minimum Gasteiger partial charge on any atom is -0.481 e. The fourth-order valence-electron chi connectivity index (χ4n) is 3.32. The van der Waals surface area contributed by atoms with Crippen LogP contribution in [0.3, 0.4) is 0 Å². The molecule has 1 aliphatic carbocycles. The molecule has 4 heteroatoms. The van der Waals surface area contributed by atoms with E-state index in [2.05, 4.69) is 6.92 Å². The number of carbonyl (C=O) groups is 2. The molecule has 1 saturated carbocycles. The van der Waals surface area contributed by atoms with Crippen molar-refractivity contribution in [2.45, 2.75) is 51.5 Å². The number of hydrogen-bond acceptors (Lipinski definition) is 2. The maximum Gasteiger partial charge on any atom is 0.305 e. The number of carboxylic acid groups (broad SMARTS) is 1. The van der Waals surface area contributed by atoms with E-state index < -0.39 is 5.97 Å². The third-order valence-electron chi connectivity index (χ3n) is 4.55. The Hall–Kier alpha value is -1.84. The van der Waals surface area contributed by atoms with Crippen molar-refractivity contribution in [2.75, 3.05) is 6.54 Å². The molecule has 0 heterocycles. The van der Waals surface area contributed by atoms with E-state index in [1.54, 1.807) is 0 Å². The van der Waals surface area contributed by atoms with E-state index >= 15 is 0 Å². The number of rotatable bonds is 6. The molecule has 22 heavy (non-hydrogen) atoms. The number of amides is 1. The zero-order valence-electron chi connectivity index (χ0n) is 13.2. The second kappa shape index (κ2) is 7.97. The highest BCUT2D eigenvalue weighted by Gasteiger charge is 2.30. The van der Waals surface area contributed by atoms with Gasteiger partial charge in [0.05, 0.1) is 12.8 Å². The Balaban J connectivity index is 2.08. The average molecular weight is 303 g/mol. The number of aliphatic carboxylic acids is 1. The predicted octanol–water partition coefficient (Wildman–Crippen LogP) is 3.11. The van der Waals surface area contributed by atoms with Crippen molar-refractivity contribution in [2.24, 2.45) is 5.92 Å². The van der Waals surface area contributed by atoms with E-state index in [1.165, 1.54) is 6.42 Å². The molecular formula is C18H25NO3. The van der Waals surface area contributed by atoms with Crippen LogP contribution < -0.4 is 0 Å². The van der Waals surface area contributed by atoms with Gasteiger partial charge in [0.25, 0.3) is 0 Å². The lowest BCUT2D eigenvalue weighted by molar-refractivity contribution is -0.140. The van der Waals surface area contributed by atoms with Crippen LogP contribution in [0.2, 0.25) is 0 Å². The molecule has 0 spiro atoms. The molecular weight excluding hydrogens is 278 g/mol. The molecule has 2 atom stereocenters. The van der Waals surface area contributed by atoms with E-state index in [9.17, 15) is 9.59 Å². The smallest absolute Gasteiger partial charge is 0.305 e. The molecule has 2 unspecified atom stereocenters. The van der Waals surface area contributed by atoms with Gasteiger partial charge in [-0.15, -0.1) is 0 Å². The second-order valence-electron chi connectivity index (χ2n) is 6.22. The van der Waals surface area contributed by atoms with Gasteiger partial charge in [0.1, 0.15) is 0 Å². The van der Waals surface area contributed by atoms with Crippen LogP contribution in [0, 0.1) is 5.92 Å². The average Bonchev–Trinajstić information content (AvgIpc) is 2.50. The third-order valence-corrected chi connectivity index (χ3v) is 4.55. The zero-order chi connectivity index (χ0) is 15.9. The summed E-state index contributed by atoms with van der Waals surface area (Å²) >= 11 is 0. The largest absolute Gasteiger partial charge is 0.481 e. The van der Waals surface area contributed by atoms with Gasteiger partial charge < -0.3 is 10.0 Å². The minimum absolute atomic E-state index is 0.0176. The Bertz CT molecular complexity index is 500. The van der Waals surface area contributed by atoms with Crippen LogP contribution >= 0.6 is 0 Å². The first kappa shape index (κ1) is 16.5. The summed E-state index contributed by atoms with van der Waals surface area (Å²) in [4.78, 5) is 25.4. The summed E-state index contributed by atoms with van der Waals surface area (Å²) in [6, 6.07) is 9.85. The maximum absolute atomic E-state index is 12.7. The van der Waals surface area contributed by atoms with Crippen LogP contribution in [0.5, 0.6) is 0 Å². The standard InChI is InChI=1S/C18H25NO3/c1-14-7-5-6-10-16(14)19(12-11-18(21)22)17(20)13-15-8-3-2-4-9-15/h2-4,8-9,14,16H,5-7,10-13H2,1H3,(H,21,22). The van der Waals surface area contributed by atoms with E-state index in [4.69, 9.17) is 5.11 Å². The lowest BCUT2D eigenvalue weighted by atomic mass is 9.84. The molecule has 0 radical (unpaired) electrons. The molecule has 1 amide bonds. The minimum atomic E-state index is -0.846. The first-order valence-electron chi connectivity index (χ1n) is 8.13. The van der Waals surface area contributed by atoms with Gasteiger partial charge in [-0.05, 0) is 24.3 Å². The highest BCUT2D eigenvalue weighted by Crippen LogP contribution is 2.28. The lowest BCUT2D eigenvalue weighted by Gasteiger charge is -2.38. The fraction of sp³-hybridized carbons (Fsp3) is 0.556. The van der Waals surface area contributed by atoms with Gasteiger partial charge in [-0.3, -0.25) is 9.59 Å². The van der Waals surface area contributed by atoms with Gasteiger partial charge in [-0.25, -0.2) is 0 Å². The molecule has 0 saturated heterocycles. The van der Waals surface area contributed by atoms with Crippen LogP contribution in [0.1, 0.15) is 44.6 Å². The van der Waals surface area contributed by atoms with Crippen LogP contribution in [-0.4, -0.2) is 34.5 Å². The van der Waals surface area contributed by atoms with Crippen molar-refractivity contribution < 1.29 is 14.7 Å². The summed E-state index contributed by atoms with van der Waals surface area (Å²) in [5.41, 5.74) is 0.983. The number of nitrogens with zero attached hydrogens (tertiary/aromatic N) is 1. The molecule has 0 aliphatic heterocycles. The number of hydrogen-bond donors (Lipinski definition) is 1. The monoisotopic (exact) mass is 303 g/mol. The topological polar surface area (TPSA) is 57.6 Å². The highest BCUT2D eigenvalue weighted by atomic mass is 16.4. The summed E-state index contributed by atoms with van der Waals surface area (Å²) in [7, 11) is 0. The Morgan fingerprint density at radius 1 is 1.18 bits per heavy atom. The summed E-state index contributed by atoms with van der Waals surface area (Å²) in [5, 5.41) is 8.96. The van der Waals surface area contributed by atoms with Crippen LogP contribution in [0.25, 0.3) is 0 Å². The van der Waals surface area contributed by atoms with Gasteiger partial charge in [-0.1, -0.05) is 50.1 Å². The summed E-state index contributed by atoms with van der Waals surface area (Å²) < 4.78 is 0. The Morgan fingerprint density at radius 3 is 2.50 bits per heavy atom. The number of carboxylic acids is 1. The van der Waals surface area contributed by atoms with Crippen molar-refractivity contribution in [3.05, 3.63) is 35.9 Å². The molecule has 120 valence electrons. The first-order valence-corrected chi connectivity index (χ1v) is 8.13. The van der Waals surface area contributed by atoms with Crippen molar-refractivity contribution >= 4 is 11.9 Å².